The van der Waals surface area contributed by atoms with E-state index in [1.54, 1.807) is 0 Å². The number of nitrogens with zero attached hydrogens (tertiary/aromatic N) is 1. The summed E-state index contributed by atoms with van der Waals surface area (Å²) >= 11 is 0. The molecule has 0 aromatic rings. The quantitative estimate of drug-likeness (QED) is 0.851. The molecule has 0 bridgehead atoms. The highest BCUT2D eigenvalue weighted by atomic mass is 16.5. The van der Waals surface area contributed by atoms with E-state index in [-0.39, 0.29) is 0 Å². The molecule has 19 heavy (non-hydrogen) atoms. The Morgan fingerprint density at radius 2 is 2.26 bits per heavy atom. The van der Waals surface area contributed by atoms with Crippen LogP contribution in [-0.4, -0.2) is 48.3 Å². The summed E-state index contributed by atoms with van der Waals surface area (Å²) in [7, 11) is 0. The van der Waals surface area contributed by atoms with E-state index in [0.717, 1.165) is 25.3 Å². The van der Waals surface area contributed by atoms with Crippen molar-refractivity contribution in [1.29, 1.82) is 0 Å². The van der Waals surface area contributed by atoms with E-state index in [4.69, 9.17) is 4.74 Å². The lowest BCUT2D eigenvalue weighted by molar-refractivity contribution is -0.160. The van der Waals surface area contributed by atoms with Crippen molar-refractivity contribution in [3.05, 3.63) is 0 Å². The standard InChI is InChI=1S/C15H27NO3/c1-3-13-6-5-12(2)16(9-13)10-15(14(17)18)7-4-8-19-11-15/h12-13H,3-11H2,1-2H3,(H,17,18). The molecular formula is C15H27NO3. The third-order valence-electron chi connectivity index (χ3n) is 4.97. The number of rotatable bonds is 4. The van der Waals surface area contributed by atoms with Crippen molar-refractivity contribution in [2.45, 2.75) is 52.0 Å². The molecule has 0 aromatic heterocycles. The summed E-state index contributed by atoms with van der Waals surface area (Å²) in [5.41, 5.74) is -0.678. The Morgan fingerprint density at radius 1 is 1.47 bits per heavy atom. The van der Waals surface area contributed by atoms with Crippen molar-refractivity contribution in [3.63, 3.8) is 0 Å². The van der Waals surface area contributed by atoms with Crippen molar-refractivity contribution >= 4 is 5.97 Å². The molecule has 0 aromatic carbocycles. The summed E-state index contributed by atoms with van der Waals surface area (Å²) in [5, 5.41) is 9.62. The Balaban J connectivity index is 2.05. The van der Waals surface area contributed by atoms with Crippen LogP contribution in [-0.2, 0) is 9.53 Å². The second-order valence-corrected chi connectivity index (χ2v) is 6.37. The number of carbonyl (C=O) groups is 1. The fourth-order valence-electron chi connectivity index (χ4n) is 3.42. The second-order valence-electron chi connectivity index (χ2n) is 6.37. The van der Waals surface area contributed by atoms with Crippen molar-refractivity contribution in [3.8, 4) is 0 Å². The highest BCUT2D eigenvalue weighted by Gasteiger charge is 2.43. The molecule has 0 amide bonds. The van der Waals surface area contributed by atoms with Gasteiger partial charge in [-0.05, 0) is 38.5 Å². The van der Waals surface area contributed by atoms with Crippen LogP contribution in [0, 0.1) is 11.3 Å². The summed E-state index contributed by atoms with van der Waals surface area (Å²) in [5.74, 6) is 0.0459. The average molecular weight is 269 g/mol. The van der Waals surface area contributed by atoms with Crippen molar-refractivity contribution in [2.75, 3.05) is 26.3 Å². The fraction of sp³-hybridized carbons (Fsp3) is 0.933. The maximum Gasteiger partial charge on any atom is 0.313 e. The summed E-state index contributed by atoms with van der Waals surface area (Å²) in [6.45, 7) is 7.25. The normalized spacial score (nSPS) is 37.2. The number of aliphatic carboxylic acids is 1. The van der Waals surface area contributed by atoms with Gasteiger partial charge in [0.15, 0.2) is 0 Å². The number of likely N-dealkylation sites (tertiary alicyclic amines) is 1. The molecule has 1 N–H and O–H groups in total. The lowest BCUT2D eigenvalue weighted by Crippen LogP contribution is -2.53. The second kappa shape index (κ2) is 6.23. The van der Waals surface area contributed by atoms with Gasteiger partial charge in [0.2, 0.25) is 0 Å². The van der Waals surface area contributed by atoms with E-state index in [2.05, 4.69) is 18.7 Å². The van der Waals surface area contributed by atoms with E-state index < -0.39 is 11.4 Å². The number of hydrogen-bond acceptors (Lipinski definition) is 3. The molecule has 2 aliphatic heterocycles. The fourth-order valence-corrected chi connectivity index (χ4v) is 3.42. The molecule has 0 aliphatic carbocycles. The smallest absolute Gasteiger partial charge is 0.313 e. The first kappa shape index (κ1) is 14.8. The van der Waals surface area contributed by atoms with E-state index in [9.17, 15) is 9.90 Å². The van der Waals surface area contributed by atoms with E-state index in [0.29, 0.717) is 25.8 Å². The van der Waals surface area contributed by atoms with Gasteiger partial charge < -0.3 is 9.84 Å². The van der Waals surface area contributed by atoms with Gasteiger partial charge in [-0.25, -0.2) is 0 Å². The molecule has 0 spiro atoms. The Kier molecular flexibility index (Phi) is 4.85. The molecule has 2 aliphatic rings. The Morgan fingerprint density at radius 3 is 2.84 bits per heavy atom. The van der Waals surface area contributed by atoms with Crippen molar-refractivity contribution in [2.24, 2.45) is 11.3 Å². The van der Waals surface area contributed by atoms with Crippen LogP contribution in [0.1, 0.15) is 46.0 Å². The Hall–Kier alpha value is -0.610. The SMILES string of the molecule is CCC1CCC(C)N(CC2(C(=O)O)CCCOC2)C1. The van der Waals surface area contributed by atoms with Gasteiger partial charge in [0.25, 0.3) is 0 Å². The number of carboxylic acids is 1. The minimum absolute atomic E-state index is 0.377. The molecule has 110 valence electrons. The molecule has 3 atom stereocenters. The van der Waals surface area contributed by atoms with Gasteiger partial charge in [-0.1, -0.05) is 13.3 Å². The number of carboxylic acid groups (broad SMARTS) is 1. The molecule has 2 fully saturated rings. The topological polar surface area (TPSA) is 49.8 Å². The molecule has 4 heteroatoms. The number of hydrogen-bond donors (Lipinski definition) is 1. The van der Waals surface area contributed by atoms with Gasteiger partial charge in [0.05, 0.1) is 6.61 Å². The molecule has 0 saturated carbocycles. The van der Waals surface area contributed by atoms with Crippen molar-refractivity contribution in [1.82, 2.24) is 4.90 Å². The van der Waals surface area contributed by atoms with Gasteiger partial charge in [-0.2, -0.15) is 0 Å². The van der Waals surface area contributed by atoms with Gasteiger partial charge in [0, 0.05) is 25.7 Å². The predicted octanol–water partition coefficient (Wildman–Crippen LogP) is 2.38. The van der Waals surface area contributed by atoms with Crippen LogP contribution in [0.5, 0.6) is 0 Å². The summed E-state index contributed by atoms with van der Waals surface area (Å²) < 4.78 is 5.47. The van der Waals surface area contributed by atoms with Crippen molar-refractivity contribution < 1.29 is 14.6 Å². The summed E-state index contributed by atoms with van der Waals surface area (Å²) in [4.78, 5) is 14.1. The number of piperidine rings is 1. The third kappa shape index (κ3) is 3.29. The van der Waals surface area contributed by atoms with Crippen LogP contribution in [0.3, 0.4) is 0 Å². The molecule has 2 heterocycles. The van der Waals surface area contributed by atoms with Crippen LogP contribution in [0.4, 0.5) is 0 Å². The Bertz CT molecular complexity index is 313. The summed E-state index contributed by atoms with van der Waals surface area (Å²) in [6.07, 6.45) is 5.29. The maximum absolute atomic E-state index is 11.7. The highest BCUT2D eigenvalue weighted by Crippen LogP contribution is 2.33. The Labute approximate surface area is 116 Å². The molecule has 2 saturated heterocycles. The zero-order chi connectivity index (χ0) is 13.9. The zero-order valence-corrected chi connectivity index (χ0v) is 12.2. The lowest BCUT2D eigenvalue weighted by atomic mass is 9.80. The van der Waals surface area contributed by atoms with Gasteiger partial charge in [-0.3, -0.25) is 9.69 Å². The molecule has 4 nitrogen and oxygen atoms in total. The van der Waals surface area contributed by atoms with Gasteiger partial charge in [0.1, 0.15) is 5.41 Å². The van der Waals surface area contributed by atoms with Crippen LogP contribution >= 0.6 is 0 Å². The zero-order valence-electron chi connectivity index (χ0n) is 12.2. The minimum atomic E-state index is -0.682. The van der Waals surface area contributed by atoms with Gasteiger partial charge >= 0.3 is 5.97 Å². The number of ether oxygens (including phenoxy) is 1. The van der Waals surface area contributed by atoms with Crippen LogP contribution < -0.4 is 0 Å². The van der Waals surface area contributed by atoms with E-state index >= 15 is 0 Å². The first-order valence-electron chi connectivity index (χ1n) is 7.62. The van der Waals surface area contributed by atoms with E-state index in [1.807, 2.05) is 0 Å². The van der Waals surface area contributed by atoms with Crippen LogP contribution in [0.15, 0.2) is 0 Å². The average Bonchev–Trinajstić information content (AvgIpc) is 2.42. The summed E-state index contributed by atoms with van der Waals surface area (Å²) in [6, 6.07) is 0.501. The largest absolute Gasteiger partial charge is 0.481 e. The minimum Gasteiger partial charge on any atom is -0.481 e. The van der Waals surface area contributed by atoms with Crippen LogP contribution in [0.2, 0.25) is 0 Å². The lowest BCUT2D eigenvalue weighted by Gasteiger charge is -2.43. The first-order chi connectivity index (χ1) is 9.07. The van der Waals surface area contributed by atoms with Crippen LogP contribution in [0.25, 0.3) is 0 Å². The third-order valence-corrected chi connectivity index (χ3v) is 4.97. The highest BCUT2D eigenvalue weighted by molar-refractivity contribution is 5.75. The molecule has 3 unspecified atom stereocenters. The monoisotopic (exact) mass is 269 g/mol. The first-order valence-corrected chi connectivity index (χ1v) is 7.62. The van der Waals surface area contributed by atoms with E-state index in [1.165, 1.54) is 19.3 Å². The van der Waals surface area contributed by atoms with Gasteiger partial charge in [-0.15, -0.1) is 0 Å². The molecular weight excluding hydrogens is 242 g/mol. The molecule has 2 rings (SSSR count). The maximum atomic E-state index is 11.7. The molecule has 0 radical (unpaired) electrons. The predicted molar refractivity (Wildman–Crippen MR) is 74.2 cm³/mol.